The summed E-state index contributed by atoms with van der Waals surface area (Å²) in [5.74, 6) is 0.548. The van der Waals surface area contributed by atoms with Gasteiger partial charge in [0.25, 0.3) is 11.5 Å². The molecule has 0 fully saturated rings. The van der Waals surface area contributed by atoms with Crippen molar-refractivity contribution in [3.05, 3.63) is 75.3 Å². The number of rotatable bonds is 9. The Bertz CT molecular complexity index is 1090. The van der Waals surface area contributed by atoms with Crippen molar-refractivity contribution in [2.45, 2.75) is 52.0 Å². The first-order valence-corrected chi connectivity index (χ1v) is 11.4. The van der Waals surface area contributed by atoms with Gasteiger partial charge in [-0.25, -0.2) is 4.98 Å². The Morgan fingerprint density at radius 3 is 2.45 bits per heavy atom. The molecule has 1 unspecified atom stereocenters. The molecule has 0 saturated heterocycles. The van der Waals surface area contributed by atoms with Gasteiger partial charge in [0.2, 0.25) is 0 Å². The number of amides is 1. The molecule has 6 heteroatoms. The molecule has 1 aromatic heterocycles. The predicted molar refractivity (Wildman–Crippen MR) is 127 cm³/mol. The van der Waals surface area contributed by atoms with Gasteiger partial charge in [-0.05, 0) is 49.2 Å². The van der Waals surface area contributed by atoms with E-state index in [4.69, 9.17) is 16.6 Å². The number of carbonyl (C=O) groups is 1. The number of para-hydroxylation sites is 1. The maximum Gasteiger partial charge on any atom is 0.261 e. The lowest BCUT2D eigenvalue weighted by Gasteiger charge is -2.32. The van der Waals surface area contributed by atoms with Gasteiger partial charge in [-0.15, -0.1) is 0 Å². The van der Waals surface area contributed by atoms with Crippen molar-refractivity contribution in [3.63, 3.8) is 0 Å². The van der Waals surface area contributed by atoms with E-state index >= 15 is 0 Å². The molecule has 0 radical (unpaired) electrons. The van der Waals surface area contributed by atoms with Crippen LogP contribution in [0.4, 0.5) is 0 Å². The van der Waals surface area contributed by atoms with E-state index in [1.165, 1.54) is 0 Å². The molecule has 0 aliphatic rings. The standard InChI is InChI=1S/C25H30ClN3O2/c1-4-6-7-10-17-29(24(30)18-13-15-19(26)16-14-18)22(5-2)23-27-21-12-9-8-11-20(21)25(31)28(23)3/h8-9,11-16,22H,4-7,10,17H2,1-3H3. The van der Waals surface area contributed by atoms with Crippen molar-refractivity contribution in [1.82, 2.24) is 14.5 Å². The van der Waals surface area contributed by atoms with Crippen LogP contribution in [0.5, 0.6) is 0 Å². The van der Waals surface area contributed by atoms with Gasteiger partial charge < -0.3 is 4.90 Å². The van der Waals surface area contributed by atoms with Crippen molar-refractivity contribution in [1.29, 1.82) is 0 Å². The summed E-state index contributed by atoms with van der Waals surface area (Å²) in [4.78, 5) is 33.2. The van der Waals surface area contributed by atoms with Crippen molar-refractivity contribution in [2.24, 2.45) is 7.05 Å². The van der Waals surface area contributed by atoms with E-state index in [1.807, 2.05) is 30.0 Å². The molecule has 0 bridgehead atoms. The fraction of sp³-hybridized carbons (Fsp3) is 0.400. The van der Waals surface area contributed by atoms with Crippen LogP contribution in [0.25, 0.3) is 10.9 Å². The average molecular weight is 440 g/mol. The zero-order valence-electron chi connectivity index (χ0n) is 18.5. The monoisotopic (exact) mass is 439 g/mol. The molecule has 164 valence electrons. The third-order valence-electron chi connectivity index (χ3n) is 5.68. The minimum Gasteiger partial charge on any atom is -0.328 e. The first-order valence-electron chi connectivity index (χ1n) is 11.0. The Labute approximate surface area is 188 Å². The highest BCUT2D eigenvalue weighted by molar-refractivity contribution is 6.30. The molecule has 0 N–H and O–H groups in total. The summed E-state index contributed by atoms with van der Waals surface area (Å²) in [5, 5.41) is 1.18. The van der Waals surface area contributed by atoms with Gasteiger partial charge in [0, 0.05) is 24.2 Å². The molecule has 1 amide bonds. The van der Waals surface area contributed by atoms with Crippen molar-refractivity contribution < 1.29 is 4.79 Å². The van der Waals surface area contributed by atoms with Gasteiger partial charge in [-0.2, -0.15) is 0 Å². The summed E-state index contributed by atoms with van der Waals surface area (Å²) in [6, 6.07) is 14.0. The Hall–Kier alpha value is -2.66. The van der Waals surface area contributed by atoms with Crippen molar-refractivity contribution in [3.8, 4) is 0 Å². The molecule has 0 aliphatic heterocycles. The lowest BCUT2D eigenvalue weighted by atomic mass is 10.1. The van der Waals surface area contributed by atoms with E-state index in [0.29, 0.717) is 40.3 Å². The van der Waals surface area contributed by atoms with Crippen molar-refractivity contribution in [2.75, 3.05) is 6.54 Å². The molecule has 2 aromatic carbocycles. The van der Waals surface area contributed by atoms with E-state index in [-0.39, 0.29) is 17.5 Å². The second kappa shape index (κ2) is 10.6. The summed E-state index contributed by atoms with van der Waals surface area (Å²) in [6.45, 7) is 4.81. The summed E-state index contributed by atoms with van der Waals surface area (Å²) in [7, 11) is 1.74. The molecule has 3 rings (SSSR count). The third kappa shape index (κ3) is 5.16. The van der Waals surface area contributed by atoms with E-state index in [0.717, 1.165) is 25.7 Å². The number of carbonyl (C=O) groups excluding carboxylic acids is 1. The largest absolute Gasteiger partial charge is 0.328 e. The lowest BCUT2D eigenvalue weighted by molar-refractivity contribution is 0.0653. The highest BCUT2D eigenvalue weighted by Gasteiger charge is 2.28. The SMILES string of the molecule is CCCCCCN(C(=O)c1ccc(Cl)cc1)C(CC)c1nc2ccccc2c(=O)n1C. The Kier molecular flexibility index (Phi) is 7.85. The fourth-order valence-corrected chi connectivity index (χ4v) is 4.07. The van der Waals surface area contributed by atoms with Crippen molar-refractivity contribution >= 4 is 28.4 Å². The number of aromatic nitrogens is 2. The fourth-order valence-electron chi connectivity index (χ4n) is 3.94. The molecule has 5 nitrogen and oxygen atoms in total. The first kappa shape index (κ1) is 23.0. The molecule has 1 atom stereocenters. The highest BCUT2D eigenvalue weighted by Crippen LogP contribution is 2.26. The highest BCUT2D eigenvalue weighted by atomic mass is 35.5. The number of halogens is 1. The Balaban J connectivity index is 2.04. The van der Waals surface area contributed by atoms with Crippen LogP contribution in [0.3, 0.4) is 0 Å². The second-order valence-corrected chi connectivity index (χ2v) is 8.28. The zero-order valence-corrected chi connectivity index (χ0v) is 19.2. The van der Waals surface area contributed by atoms with Gasteiger partial charge in [-0.1, -0.05) is 56.8 Å². The minimum absolute atomic E-state index is 0.0672. The van der Waals surface area contributed by atoms with Crippen LogP contribution in [0.1, 0.15) is 68.2 Å². The summed E-state index contributed by atoms with van der Waals surface area (Å²) in [6.07, 6.45) is 4.88. The Morgan fingerprint density at radius 2 is 1.77 bits per heavy atom. The smallest absolute Gasteiger partial charge is 0.261 e. The molecule has 0 spiro atoms. The zero-order chi connectivity index (χ0) is 22.4. The van der Waals surface area contributed by atoms with E-state index in [2.05, 4.69) is 6.92 Å². The van der Waals surface area contributed by atoms with E-state index in [9.17, 15) is 9.59 Å². The molecular weight excluding hydrogens is 410 g/mol. The number of unbranched alkanes of at least 4 members (excludes halogenated alkanes) is 3. The number of benzene rings is 2. The summed E-state index contributed by atoms with van der Waals surface area (Å²) in [5.41, 5.74) is 1.15. The van der Waals surface area contributed by atoms with Gasteiger partial charge >= 0.3 is 0 Å². The first-order chi connectivity index (χ1) is 15.0. The molecule has 1 heterocycles. The minimum atomic E-state index is -0.299. The van der Waals surface area contributed by atoms with Crippen LogP contribution in [0, 0.1) is 0 Å². The molecule has 0 saturated carbocycles. The summed E-state index contributed by atoms with van der Waals surface area (Å²) >= 11 is 6.02. The van der Waals surface area contributed by atoms with Crippen LogP contribution in [-0.2, 0) is 7.05 Å². The third-order valence-corrected chi connectivity index (χ3v) is 5.94. The average Bonchev–Trinajstić information content (AvgIpc) is 2.79. The normalized spacial score (nSPS) is 12.1. The molecule has 31 heavy (non-hydrogen) atoms. The topological polar surface area (TPSA) is 55.2 Å². The van der Waals surface area contributed by atoms with Crippen LogP contribution >= 0.6 is 11.6 Å². The number of hydrogen-bond donors (Lipinski definition) is 0. The predicted octanol–water partition coefficient (Wildman–Crippen LogP) is 5.76. The van der Waals surface area contributed by atoms with Crippen LogP contribution in [0.15, 0.2) is 53.3 Å². The van der Waals surface area contributed by atoms with Gasteiger partial charge in [0.05, 0.1) is 16.9 Å². The van der Waals surface area contributed by atoms with Gasteiger partial charge in [-0.3, -0.25) is 14.2 Å². The van der Waals surface area contributed by atoms with Crippen LogP contribution < -0.4 is 5.56 Å². The van der Waals surface area contributed by atoms with Gasteiger partial charge in [0.15, 0.2) is 0 Å². The number of fused-ring (bicyclic) bond motifs is 1. The number of nitrogens with zero attached hydrogens (tertiary/aromatic N) is 3. The molecule has 3 aromatic rings. The van der Waals surface area contributed by atoms with E-state index < -0.39 is 0 Å². The van der Waals surface area contributed by atoms with E-state index in [1.54, 1.807) is 41.9 Å². The lowest BCUT2D eigenvalue weighted by Crippen LogP contribution is -2.39. The Morgan fingerprint density at radius 1 is 1.06 bits per heavy atom. The van der Waals surface area contributed by atoms with Crippen LogP contribution in [0.2, 0.25) is 5.02 Å². The number of hydrogen-bond acceptors (Lipinski definition) is 3. The maximum absolute atomic E-state index is 13.5. The summed E-state index contributed by atoms with van der Waals surface area (Å²) < 4.78 is 1.59. The van der Waals surface area contributed by atoms with Gasteiger partial charge in [0.1, 0.15) is 5.82 Å². The van der Waals surface area contributed by atoms with Crippen LogP contribution in [-0.4, -0.2) is 26.9 Å². The quantitative estimate of drug-likeness (QED) is 0.398. The second-order valence-electron chi connectivity index (χ2n) is 7.84. The maximum atomic E-state index is 13.5. The molecular formula is C25H30ClN3O2. The molecule has 0 aliphatic carbocycles.